The second-order valence-electron chi connectivity index (χ2n) is 6.38. The first kappa shape index (κ1) is 17.4. The fourth-order valence-corrected chi connectivity index (χ4v) is 3.46. The molecule has 2 aliphatic rings. The Kier molecular flexibility index (Phi) is 4.29. The predicted molar refractivity (Wildman–Crippen MR) is 83.5 cm³/mol. The molecule has 2 fully saturated rings. The van der Waals surface area contributed by atoms with E-state index < -0.39 is 47.0 Å². The van der Waals surface area contributed by atoms with E-state index in [9.17, 15) is 30.3 Å². The lowest BCUT2D eigenvalue weighted by Gasteiger charge is -2.27. The van der Waals surface area contributed by atoms with E-state index in [0.717, 1.165) is 25.7 Å². The van der Waals surface area contributed by atoms with Gasteiger partial charge < -0.3 is 40.3 Å². The summed E-state index contributed by atoms with van der Waals surface area (Å²) in [5.41, 5.74) is -0.394. The van der Waals surface area contributed by atoms with Crippen LogP contribution in [-0.2, 0) is 4.79 Å². The van der Waals surface area contributed by atoms with Crippen molar-refractivity contribution in [1.82, 2.24) is 5.32 Å². The summed E-state index contributed by atoms with van der Waals surface area (Å²) in [6.07, 6.45) is 2.83. The Morgan fingerprint density at radius 3 is 2.20 bits per heavy atom. The standard InChI is InChI=1S/C16H21NO8/c1-24-14-13(21)11(19)10(8-6-9(18)17-16(8,22)23)12(20)15(14)25-7-4-2-3-5-7/h7-8,19-23H,2-6H2,1H3,(H,17,18). The molecule has 1 saturated carbocycles. The second kappa shape index (κ2) is 6.16. The number of aromatic hydroxyl groups is 3. The highest BCUT2D eigenvalue weighted by molar-refractivity contribution is 5.82. The number of rotatable bonds is 4. The highest BCUT2D eigenvalue weighted by Crippen LogP contribution is 2.57. The zero-order valence-corrected chi connectivity index (χ0v) is 13.7. The van der Waals surface area contributed by atoms with Crippen LogP contribution >= 0.6 is 0 Å². The van der Waals surface area contributed by atoms with Crippen LogP contribution in [0, 0.1) is 0 Å². The highest BCUT2D eigenvalue weighted by Gasteiger charge is 2.49. The van der Waals surface area contributed by atoms with Crippen molar-refractivity contribution < 1.29 is 39.8 Å². The van der Waals surface area contributed by atoms with Crippen molar-refractivity contribution in [3.63, 3.8) is 0 Å². The third kappa shape index (κ3) is 2.89. The third-order valence-electron chi connectivity index (χ3n) is 4.71. The molecule has 1 atom stereocenters. The molecule has 3 rings (SSSR count). The summed E-state index contributed by atoms with van der Waals surface area (Å²) in [4.78, 5) is 11.5. The van der Waals surface area contributed by atoms with Crippen LogP contribution in [-0.4, -0.2) is 50.6 Å². The second-order valence-corrected chi connectivity index (χ2v) is 6.38. The van der Waals surface area contributed by atoms with Crippen molar-refractivity contribution in [1.29, 1.82) is 0 Å². The Labute approximate surface area is 143 Å². The summed E-state index contributed by atoms with van der Waals surface area (Å²) < 4.78 is 10.8. The molecule has 9 heteroatoms. The van der Waals surface area contributed by atoms with E-state index in [4.69, 9.17) is 9.47 Å². The first-order valence-corrected chi connectivity index (χ1v) is 8.03. The number of aliphatic hydroxyl groups is 2. The lowest BCUT2D eigenvalue weighted by atomic mass is 9.92. The van der Waals surface area contributed by atoms with E-state index in [0.29, 0.717) is 0 Å². The van der Waals surface area contributed by atoms with Gasteiger partial charge in [-0.05, 0) is 25.7 Å². The van der Waals surface area contributed by atoms with Gasteiger partial charge in [-0.25, -0.2) is 0 Å². The number of ether oxygens (including phenoxy) is 2. The summed E-state index contributed by atoms with van der Waals surface area (Å²) in [5.74, 6) is -7.34. The Morgan fingerprint density at radius 1 is 1.04 bits per heavy atom. The molecular weight excluding hydrogens is 334 g/mol. The number of benzene rings is 1. The summed E-state index contributed by atoms with van der Waals surface area (Å²) in [5, 5.41) is 52.9. The molecule has 1 aromatic carbocycles. The lowest BCUT2D eigenvalue weighted by Crippen LogP contribution is -2.44. The van der Waals surface area contributed by atoms with Gasteiger partial charge in [-0.2, -0.15) is 0 Å². The van der Waals surface area contributed by atoms with E-state index in [1.807, 2.05) is 5.32 Å². The van der Waals surface area contributed by atoms with Crippen LogP contribution in [0.1, 0.15) is 43.6 Å². The molecule has 138 valence electrons. The van der Waals surface area contributed by atoms with Gasteiger partial charge in [0.2, 0.25) is 23.2 Å². The van der Waals surface area contributed by atoms with Gasteiger partial charge in [0, 0.05) is 6.42 Å². The largest absolute Gasteiger partial charge is 0.504 e. The molecule has 1 heterocycles. The predicted octanol–water partition coefficient (Wildman–Crippen LogP) is 0.375. The monoisotopic (exact) mass is 355 g/mol. The highest BCUT2D eigenvalue weighted by atomic mass is 16.5. The Morgan fingerprint density at radius 2 is 1.68 bits per heavy atom. The van der Waals surface area contributed by atoms with Gasteiger partial charge >= 0.3 is 0 Å². The molecule has 0 spiro atoms. The van der Waals surface area contributed by atoms with Crippen molar-refractivity contribution >= 4 is 5.91 Å². The number of hydrogen-bond donors (Lipinski definition) is 6. The van der Waals surface area contributed by atoms with Crippen molar-refractivity contribution in [2.75, 3.05) is 7.11 Å². The zero-order valence-electron chi connectivity index (χ0n) is 13.7. The van der Waals surface area contributed by atoms with Gasteiger partial charge in [0.05, 0.1) is 24.7 Å². The van der Waals surface area contributed by atoms with Gasteiger partial charge in [-0.15, -0.1) is 0 Å². The molecule has 1 aromatic rings. The Bertz CT molecular complexity index is 696. The van der Waals surface area contributed by atoms with Crippen LogP contribution in [0.15, 0.2) is 0 Å². The minimum Gasteiger partial charge on any atom is -0.504 e. The summed E-state index contributed by atoms with van der Waals surface area (Å²) >= 11 is 0. The average Bonchev–Trinajstić information content (AvgIpc) is 3.13. The number of carbonyl (C=O) groups excluding carboxylic acids is 1. The molecule has 1 aliphatic heterocycles. The number of carbonyl (C=O) groups is 1. The van der Waals surface area contributed by atoms with E-state index in [-0.39, 0.29) is 17.6 Å². The van der Waals surface area contributed by atoms with Gasteiger partial charge in [-0.3, -0.25) is 4.79 Å². The topological polar surface area (TPSA) is 149 Å². The van der Waals surface area contributed by atoms with Gasteiger partial charge in [-0.1, -0.05) is 0 Å². The van der Waals surface area contributed by atoms with E-state index in [2.05, 4.69) is 0 Å². The third-order valence-corrected chi connectivity index (χ3v) is 4.71. The first-order chi connectivity index (χ1) is 11.8. The van der Waals surface area contributed by atoms with E-state index >= 15 is 0 Å². The van der Waals surface area contributed by atoms with Crippen molar-refractivity contribution in [3.8, 4) is 28.7 Å². The fraction of sp³-hybridized carbons (Fsp3) is 0.562. The van der Waals surface area contributed by atoms with Gasteiger partial charge in [0.15, 0.2) is 11.5 Å². The molecular formula is C16H21NO8. The van der Waals surface area contributed by atoms with Crippen molar-refractivity contribution in [3.05, 3.63) is 5.56 Å². The molecule has 1 amide bonds. The molecule has 6 N–H and O–H groups in total. The van der Waals surface area contributed by atoms with Crippen LogP contribution in [0.25, 0.3) is 0 Å². The van der Waals surface area contributed by atoms with Crippen LogP contribution in [0.4, 0.5) is 0 Å². The van der Waals surface area contributed by atoms with Crippen molar-refractivity contribution in [2.24, 2.45) is 0 Å². The van der Waals surface area contributed by atoms with Crippen molar-refractivity contribution in [2.45, 2.75) is 50.0 Å². The quantitative estimate of drug-likeness (QED) is 0.258. The summed E-state index contributed by atoms with van der Waals surface area (Å²) in [7, 11) is 1.23. The first-order valence-electron chi connectivity index (χ1n) is 8.03. The van der Waals surface area contributed by atoms with Crippen LogP contribution < -0.4 is 14.8 Å². The smallest absolute Gasteiger partial charge is 0.254 e. The minimum absolute atomic E-state index is 0.199. The number of phenols is 3. The number of hydrogen-bond acceptors (Lipinski definition) is 8. The number of methoxy groups -OCH3 is 1. The summed E-state index contributed by atoms with van der Waals surface area (Å²) in [6.45, 7) is 0. The molecule has 0 bridgehead atoms. The SMILES string of the molecule is COc1c(O)c(O)c(C2CC(=O)NC2(O)O)c(O)c1OC1CCCC1. The zero-order chi connectivity index (χ0) is 18.4. The average molecular weight is 355 g/mol. The number of amides is 1. The van der Waals surface area contributed by atoms with E-state index in [1.165, 1.54) is 7.11 Å². The van der Waals surface area contributed by atoms with Gasteiger partial charge in [0.25, 0.3) is 5.91 Å². The number of phenolic OH excluding ortho intramolecular Hbond substituents is 3. The van der Waals surface area contributed by atoms with Gasteiger partial charge in [0.1, 0.15) is 0 Å². The molecule has 1 aliphatic carbocycles. The molecule has 0 radical (unpaired) electrons. The molecule has 1 unspecified atom stereocenters. The molecule has 0 aromatic heterocycles. The fourth-order valence-electron chi connectivity index (χ4n) is 3.46. The number of nitrogens with one attached hydrogen (secondary N) is 1. The van der Waals surface area contributed by atoms with Crippen LogP contribution in [0.3, 0.4) is 0 Å². The molecule has 9 nitrogen and oxygen atoms in total. The maximum absolute atomic E-state index is 11.5. The maximum atomic E-state index is 11.5. The maximum Gasteiger partial charge on any atom is 0.254 e. The summed E-state index contributed by atoms with van der Waals surface area (Å²) in [6, 6.07) is 0. The van der Waals surface area contributed by atoms with E-state index in [1.54, 1.807) is 0 Å². The Balaban J connectivity index is 2.12. The molecule has 1 saturated heterocycles. The Hall–Kier alpha value is -2.39. The molecule has 25 heavy (non-hydrogen) atoms. The van der Waals surface area contributed by atoms with Crippen LogP contribution in [0.5, 0.6) is 28.7 Å². The van der Waals surface area contributed by atoms with Crippen LogP contribution in [0.2, 0.25) is 0 Å². The minimum atomic E-state index is -2.68. The normalized spacial score (nSPS) is 22.8. The lowest BCUT2D eigenvalue weighted by molar-refractivity contribution is -0.185.